The summed E-state index contributed by atoms with van der Waals surface area (Å²) in [6.07, 6.45) is 4.28. The normalized spacial score (nSPS) is 18.0. The van der Waals surface area contributed by atoms with Gasteiger partial charge in [-0.25, -0.2) is 56.9 Å². The fraction of sp³-hybridized carbons (Fsp3) is 0.383. The first-order chi connectivity index (χ1) is 52.4. The van der Waals surface area contributed by atoms with Crippen molar-refractivity contribution >= 4 is 59.0 Å². The van der Waals surface area contributed by atoms with Crippen molar-refractivity contribution in [1.29, 1.82) is 15.8 Å². The van der Waals surface area contributed by atoms with Crippen molar-refractivity contribution in [2.24, 2.45) is 0 Å². The number of imide groups is 2. The molecule has 6 aliphatic heterocycles. The molecule has 32 heteroatoms. The molecule has 6 aromatic heterocycles. The third-order valence-corrected chi connectivity index (χ3v) is 20.5. The molecule has 5 N–H and O–H groups in total. The number of H-pyrrole nitrogens is 1. The molecule has 590 valence electrons. The van der Waals surface area contributed by atoms with Crippen molar-refractivity contribution < 1.29 is 61.9 Å². The maximum atomic E-state index is 15.0. The largest absolute Gasteiger partial charge is 0.443 e. The van der Waals surface area contributed by atoms with E-state index in [1.54, 1.807) is 76.9 Å². The molecular weight excluding hydrogens is 1480 g/mol. The molecule has 28 nitrogen and oxygen atoms in total. The summed E-state index contributed by atoms with van der Waals surface area (Å²) in [6.45, 7) is 24.0. The first-order valence-corrected chi connectivity index (χ1v) is 36.0. The number of halogens is 4. The summed E-state index contributed by atoms with van der Waals surface area (Å²) < 4.78 is 57.7. The van der Waals surface area contributed by atoms with Crippen LogP contribution in [-0.4, -0.2) is 166 Å². The van der Waals surface area contributed by atoms with E-state index in [0.29, 0.717) is 54.5 Å². The van der Waals surface area contributed by atoms with E-state index in [4.69, 9.17) is 26.2 Å². The molecule has 15 rings (SSSR count). The minimum absolute atomic E-state index is 0. The summed E-state index contributed by atoms with van der Waals surface area (Å²) in [6, 6.07) is 28.3. The number of carbonyl (C=O) groups excluding carboxylic acids is 5. The number of pyridine rings is 3. The lowest BCUT2D eigenvalue weighted by Gasteiger charge is -2.34. The quantitative estimate of drug-likeness (QED) is 0.0943. The van der Waals surface area contributed by atoms with Crippen molar-refractivity contribution in [3.05, 3.63) is 183 Å². The predicted molar refractivity (Wildman–Crippen MR) is 414 cm³/mol. The smallest absolute Gasteiger partial charge is 0.417 e. The van der Waals surface area contributed by atoms with Gasteiger partial charge in [-0.3, -0.25) is 19.5 Å². The lowest BCUT2D eigenvalue weighted by atomic mass is 9.99. The molecular formula is C81H88ClF3N18O10. The van der Waals surface area contributed by atoms with Crippen LogP contribution in [0.25, 0.3) is 45.1 Å². The molecule has 5 amide bonds. The van der Waals surface area contributed by atoms with Crippen molar-refractivity contribution in [2.45, 2.75) is 183 Å². The van der Waals surface area contributed by atoms with Gasteiger partial charge in [-0.1, -0.05) is 44.7 Å². The SMILES string of the molecule is C.C.CC(C)(C)OC(=O)N1Cc2nc(-c3c(F)cccc3C#N)cc(-n3ccc(N4CCC(O)C4(C)C)n3)c2C1=O.CC(C)(C)OC(=O)N1Cc2nc(-c3c(F)cccc3C#N)cc(Cl)c2C1=O.CC1(C)C(O)CCN1c1ccn(-c2cc(-c3c(F)cccc3C#N)nc3c2C(=O)NC3)n1.CC1(C)C(O)CCN1c1ccn[nH]1. The zero-order valence-electron chi connectivity index (χ0n) is 62.9. The zero-order valence-corrected chi connectivity index (χ0v) is 63.6. The summed E-state index contributed by atoms with van der Waals surface area (Å²) in [7, 11) is 0. The highest BCUT2D eigenvalue weighted by atomic mass is 35.5. The molecule has 3 fully saturated rings. The van der Waals surface area contributed by atoms with Gasteiger partial charge in [0.1, 0.15) is 34.5 Å². The molecule has 0 saturated carbocycles. The molecule has 3 unspecified atom stereocenters. The Balaban J connectivity index is 0.000000167. The van der Waals surface area contributed by atoms with Gasteiger partial charge in [0.15, 0.2) is 11.6 Å². The van der Waals surface area contributed by atoms with Crippen LogP contribution in [0.2, 0.25) is 5.02 Å². The van der Waals surface area contributed by atoms with Gasteiger partial charge in [0, 0.05) is 50.2 Å². The zero-order chi connectivity index (χ0) is 80.3. The summed E-state index contributed by atoms with van der Waals surface area (Å²) in [5, 5.41) is 77.8. The van der Waals surface area contributed by atoms with Gasteiger partial charge in [-0.15, -0.1) is 0 Å². The van der Waals surface area contributed by atoms with E-state index >= 15 is 4.39 Å². The molecule has 0 aliphatic carbocycles. The van der Waals surface area contributed by atoms with Crippen LogP contribution < -0.4 is 20.0 Å². The van der Waals surface area contributed by atoms with E-state index in [2.05, 4.69) is 40.5 Å². The summed E-state index contributed by atoms with van der Waals surface area (Å²) in [5.74, 6) is -1.12. The minimum atomic E-state index is -0.827. The third kappa shape index (κ3) is 16.2. The highest BCUT2D eigenvalue weighted by molar-refractivity contribution is 6.35. The Labute approximate surface area is 656 Å². The maximum absolute atomic E-state index is 15.0. The van der Waals surface area contributed by atoms with Crippen LogP contribution >= 0.6 is 11.6 Å². The van der Waals surface area contributed by atoms with E-state index < -0.39 is 75.9 Å². The Bertz CT molecular complexity index is 5340. The van der Waals surface area contributed by atoms with Crippen LogP contribution in [0.15, 0.2) is 110 Å². The number of aromatic amines is 1. The molecule has 113 heavy (non-hydrogen) atoms. The fourth-order valence-corrected chi connectivity index (χ4v) is 14.4. The minimum Gasteiger partial charge on any atom is -0.443 e. The van der Waals surface area contributed by atoms with Gasteiger partial charge < -0.3 is 44.8 Å². The second-order valence-corrected chi connectivity index (χ2v) is 31.2. The first-order valence-electron chi connectivity index (χ1n) is 35.6. The second-order valence-electron chi connectivity index (χ2n) is 30.8. The van der Waals surface area contributed by atoms with E-state index in [-0.39, 0.29) is 136 Å². The number of rotatable bonds is 8. The number of nitrogens with one attached hydrogen (secondary N) is 2. The van der Waals surface area contributed by atoms with Crippen molar-refractivity contribution in [2.75, 3.05) is 34.3 Å². The van der Waals surface area contributed by atoms with E-state index in [1.165, 1.54) is 71.4 Å². The lowest BCUT2D eigenvalue weighted by Crippen LogP contribution is -2.45. The number of nitriles is 3. The first kappa shape index (κ1) is 83.4. The number of aromatic nitrogens is 9. The Morgan fingerprint density at radius 3 is 1.30 bits per heavy atom. The Morgan fingerprint density at radius 1 is 0.540 bits per heavy atom. The van der Waals surface area contributed by atoms with Crippen LogP contribution in [0.4, 0.5) is 40.2 Å². The number of amides is 5. The number of nitrogens with zero attached hydrogens (tertiary/aromatic N) is 16. The van der Waals surface area contributed by atoms with Crippen molar-refractivity contribution in [1.82, 2.24) is 59.8 Å². The van der Waals surface area contributed by atoms with Crippen LogP contribution in [0.1, 0.15) is 182 Å². The van der Waals surface area contributed by atoms with Gasteiger partial charge >= 0.3 is 12.2 Å². The standard InChI is InChI=1S/C28H29FN6O4.C23H21FN6O2.C19H15ClFN3O3.C9H15N3O.2CH4/c1-27(2,3)39-26(38)33-15-19-24(25(33)37)20(13-18(31-19)23-16(14-30)7-6-8-17(23)29)35-12-10-22(32-35)34-11-9-21(36)28(34,4)5;1-23(2)18(31)6-8-29(23)19-7-9-30(28-19)17-10-15(27-16-12-26-22(32)21(16)17)20-13(11-25)4-3-5-14(20)24;1-19(2,3)27-18(26)24-9-14-16(17(24)25)11(20)7-13(23-14)15-10(8-22)5-4-6-12(15)21;1-9(2)7(13)4-6-12(9)8-3-5-10-11-8;;/h6-8,10,12-13,21,36H,9,11,15H2,1-5H3;3-5,7,9-10,18,31H,6,8,12H2,1-2H3,(H,26,32);4-7H,9H2,1-3H3;3,5,7,13H,4,6H2,1-2H3,(H,10,11);2*1H4. The van der Waals surface area contributed by atoms with Crippen molar-refractivity contribution in [3.63, 3.8) is 0 Å². The fourth-order valence-electron chi connectivity index (χ4n) is 14.1. The summed E-state index contributed by atoms with van der Waals surface area (Å²) >= 11 is 6.23. The van der Waals surface area contributed by atoms with Gasteiger partial charge in [-0.05, 0) is 157 Å². The number of fused-ring (bicyclic) bond motifs is 3. The molecule has 0 spiro atoms. The number of benzene rings is 3. The third-order valence-electron chi connectivity index (χ3n) is 20.2. The average molecular weight is 1570 g/mol. The Morgan fingerprint density at radius 2 is 0.920 bits per heavy atom. The molecule has 0 radical (unpaired) electrons. The highest BCUT2D eigenvalue weighted by Gasteiger charge is 2.46. The molecule has 6 aliphatic rings. The molecule has 3 atom stereocenters. The highest BCUT2D eigenvalue weighted by Crippen LogP contribution is 2.41. The van der Waals surface area contributed by atoms with Crippen LogP contribution in [-0.2, 0) is 29.1 Å². The Kier molecular flexibility index (Phi) is 23.6. The lowest BCUT2D eigenvalue weighted by molar-refractivity contribution is 0.0230. The van der Waals surface area contributed by atoms with Crippen LogP contribution in [0, 0.1) is 51.4 Å². The average Bonchev–Trinajstić information content (AvgIpc) is 1.65. The van der Waals surface area contributed by atoms with Gasteiger partial charge in [0.25, 0.3) is 17.7 Å². The molecule has 12 heterocycles. The van der Waals surface area contributed by atoms with Crippen LogP contribution in [0.5, 0.6) is 0 Å². The molecule has 9 aromatic rings. The topological polar surface area (TPSA) is 367 Å². The number of aliphatic hydroxyl groups is 3. The second kappa shape index (κ2) is 32.0. The van der Waals surface area contributed by atoms with E-state index in [9.17, 15) is 63.9 Å². The molecule has 3 saturated heterocycles. The number of aliphatic hydroxyl groups excluding tert-OH is 3. The number of anilines is 3. The molecule has 0 bridgehead atoms. The maximum Gasteiger partial charge on any atom is 0.417 e. The van der Waals surface area contributed by atoms with Gasteiger partial charge in [0.2, 0.25) is 0 Å². The van der Waals surface area contributed by atoms with Crippen LogP contribution in [0.3, 0.4) is 0 Å². The van der Waals surface area contributed by atoms with Crippen molar-refractivity contribution in [3.8, 4) is 63.4 Å². The number of hydrogen-bond donors (Lipinski definition) is 5. The van der Waals surface area contributed by atoms with Gasteiger partial charge in [0.05, 0.1) is 180 Å². The number of ether oxygens (including phenoxy) is 2. The number of hydrogen-bond acceptors (Lipinski definition) is 22. The summed E-state index contributed by atoms with van der Waals surface area (Å²) in [5.41, 5.74) is 0.346. The van der Waals surface area contributed by atoms with E-state index in [1.807, 2.05) is 81.7 Å². The molecule has 3 aromatic carbocycles. The monoisotopic (exact) mass is 1560 g/mol. The van der Waals surface area contributed by atoms with E-state index in [0.717, 1.165) is 28.6 Å². The van der Waals surface area contributed by atoms with Gasteiger partial charge in [-0.2, -0.15) is 31.1 Å². The number of carbonyl (C=O) groups is 5. The Hall–Kier alpha value is -12.1. The predicted octanol–water partition coefficient (Wildman–Crippen LogP) is 13.1. The summed E-state index contributed by atoms with van der Waals surface area (Å²) in [4.78, 5) is 85.1.